The van der Waals surface area contributed by atoms with Crippen LogP contribution < -0.4 is 5.32 Å². The summed E-state index contributed by atoms with van der Waals surface area (Å²) >= 11 is 8.97. The zero-order valence-corrected chi connectivity index (χ0v) is 11.6. The Bertz CT molecular complexity index is 368. The van der Waals surface area contributed by atoms with E-state index >= 15 is 0 Å². The van der Waals surface area contributed by atoms with Gasteiger partial charge in [0, 0.05) is 16.8 Å². The Kier molecular flexibility index (Phi) is 5.85. The molecule has 1 amide bonds. The maximum Gasteiger partial charge on any atom is 0.224 e. The molecule has 0 radical (unpaired) electrons. The number of benzene rings is 1. The van der Waals surface area contributed by atoms with E-state index in [-0.39, 0.29) is 5.91 Å². The molecule has 1 aromatic carbocycles. The lowest BCUT2D eigenvalue weighted by Crippen LogP contribution is -2.11. The summed E-state index contributed by atoms with van der Waals surface area (Å²) in [6.07, 6.45) is 2.23. The van der Waals surface area contributed by atoms with Crippen LogP contribution in [0.15, 0.2) is 22.7 Å². The minimum atomic E-state index is 0.0367. The van der Waals surface area contributed by atoms with Crippen LogP contribution in [0.25, 0.3) is 0 Å². The zero-order valence-electron chi connectivity index (χ0n) is 9.22. The van der Waals surface area contributed by atoms with Crippen molar-refractivity contribution < 1.29 is 4.79 Å². The normalized spacial score (nSPS) is 10.2. The molecule has 0 aliphatic rings. The molecular weight excluding hydrogens is 289 g/mol. The lowest BCUT2D eigenvalue weighted by atomic mass is 10.2. The fraction of sp³-hybridized carbons (Fsp3) is 0.417. The highest BCUT2D eigenvalue weighted by molar-refractivity contribution is 9.10. The fourth-order valence-electron chi connectivity index (χ4n) is 1.31. The maximum atomic E-state index is 11.5. The summed E-state index contributed by atoms with van der Waals surface area (Å²) in [4.78, 5) is 11.5. The predicted molar refractivity (Wildman–Crippen MR) is 72.1 cm³/mol. The third-order valence-electron chi connectivity index (χ3n) is 2.19. The Balaban J connectivity index is 2.49. The van der Waals surface area contributed by atoms with Crippen LogP contribution in [0, 0.1) is 6.92 Å². The van der Waals surface area contributed by atoms with Crippen molar-refractivity contribution in [2.24, 2.45) is 0 Å². The standard InChI is InChI=1S/C12H15BrClNO/c1-9-5-6-11(10(13)8-9)15-12(16)4-2-3-7-14/h5-6,8H,2-4,7H2,1H3,(H,15,16). The number of hydrogen-bond donors (Lipinski definition) is 1. The highest BCUT2D eigenvalue weighted by atomic mass is 79.9. The number of aryl methyl sites for hydroxylation is 1. The van der Waals surface area contributed by atoms with E-state index in [0.717, 1.165) is 28.6 Å². The number of alkyl halides is 1. The molecule has 0 fully saturated rings. The van der Waals surface area contributed by atoms with Gasteiger partial charge < -0.3 is 5.32 Å². The van der Waals surface area contributed by atoms with Crippen LogP contribution >= 0.6 is 27.5 Å². The molecule has 0 atom stereocenters. The molecule has 1 aromatic rings. The van der Waals surface area contributed by atoms with Gasteiger partial charge in [0.05, 0.1) is 5.69 Å². The summed E-state index contributed by atoms with van der Waals surface area (Å²) < 4.78 is 0.915. The van der Waals surface area contributed by atoms with Gasteiger partial charge in [-0.15, -0.1) is 11.6 Å². The van der Waals surface area contributed by atoms with E-state index < -0.39 is 0 Å². The third kappa shape index (κ3) is 4.54. The maximum absolute atomic E-state index is 11.5. The molecule has 0 bridgehead atoms. The van der Waals surface area contributed by atoms with Crippen LogP contribution in [0.4, 0.5) is 5.69 Å². The Morgan fingerprint density at radius 3 is 2.81 bits per heavy atom. The van der Waals surface area contributed by atoms with Gasteiger partial charge in [-0.05, 0) is 53.4 Å². The molecule has 0 saturated heterocycles. The molecule has 0 saturated carbocycles. The molecule has 0 spiro atoms. The van der Waals surface area contributed by atoms with Crippen molar-refractivity contribution in [3.8, 4) is 0 Å². The number of unbranched alkanes of at least 4 members (excludes halogenated alkanes) is 1. The molecular formula is C12H15BrClNO. The number of nitrogens with one attached hydrogen (secondary N) is 1. The average molecular weight is 305 g/mol. The topological polar surface area (TPSA) is 29.1 Å². The van der Waals surface area contributed by atoms with E-state index in [1.807, 2.05) is 25.1 Å². The summed E-state index contributed by atoms with van der Waals surface area (Å²) in [5, 5.41) is 2.87. The second-order valence-corrected chi connectivity index (χ2v) is 4.91. The van der Waals surface area contributed by atoms with Gasteiger partial charge in [0.25, 0.3) is 0 Å². The Hall–Kier alpha value is -0.540. The van der Waals surface area contributed by atoms with Crippen LogP contribution in [0.5, 0.6) is 0 Å². The SMILES string of the molecule is Cc1ccc(NC(=O)CCCCCl)c(Br)c1. The van der Waals surface area contributed by atoms with Crippen molar-refractivity contribution in [3.05, 3.63) is 28.2 Å². The van der Waals surface area contributed by atoms with Crippen LogP contribution in [0.3, 0.4) is 0 Å². The van der Waals surface area contributed by atoms with Gasteiger partial charge in [-0.2, -0.15) is 0 Å². The van der Waals surface area contributed by atoms with Gasteiger partial charge in [-0.25, -0.2) is 0 Å². The smallest absolute Gasteiger partial charge is 0.224 e. The molecule has 1 N–H and O–H groups in total. The van der Waals surface area contributed by atoms with E-state index in [1.165, 1.54) is 0 Å². The highest BCUT2D eigenvalue weighted by Gasteiger charge is 2.05. The van der Waals surface area contributed by atoms with Gasteiger partial charge in [-0.3, -0.25) is 4.79 Å². The fourth-order valence-corrected chi connectivity index (χ4v) is 2.10. The first kappa shape index (κ1) is 13.5. The summed E-state index contributed by atoms with van der Waals surface area (Å²) in [7, 11) is 0. The van der Waals surface area contributed by atoms with E-state index in [4.69, 9.17) is 11.6 Å². The Labute approximate surface area is 110 Å². The van der Waals surface area contributed by atoms with Crippen molar-refractivity contribution in [1.82, 2.24) is 0 Å². The highest BCUT2D eigenvalue weighted by Crippen LogP contribution is 2.23. The number of hydrogen-bond acceptors (Lipinski definition) is 1. The van der Waals surface area contributed by atoms with Crippen molar-refractivity contribution in [3.63, 3.8) is 0 Å². The molecule has 0 unspecified atom stereocenters. The van der Waals surface area contributed by atoms with Gasteiger partial charge in [0.2, 0.25) is 5.91 Å². The van der Waals surface area contributed by atoms with Gasteiger partial charge in [-0.1, -0.05) is 6.07 Å². The van der Waals surface area contributed by atoms with E-state index in [9.17, 15) is 4.79 Å². The second-order valence-electron chi connectivity index (χ2n) is 3.68. The largest absolute Gasteiger partial charge is 0.325 e. The quantitative estimate of drug-likeness (QED) is 0.644. The van der Waals surface area contributed by atoms with Crippen molar-refractivity contribution in [1.29, 1.82) is 0 Å². The number of halogens is 2. The minimum Gasteiger partial charge on any atom is -0.325 e. The summed E-state index contributed by atoms with van der Waals surface area (Å²) in [5.41, 5.74) is 1.98. The number of carbonyl (C=O) groups excluding carboxylic acids is 1. The summed E-state index contributed by atoms with van der Waals surface area (Å²) in [5.74, 6) is 0.649. The Morgan fingerprint density at radius 2 is 2.19 bits per heavy atom. The van der Waals surface area contributed by atoms with E-state index in [0.29, 0.717) is 12.3 Å². The van der Waals surface area contributed by atoms with Gasteiger partial charge in [0.15, 0.2) is 0 Å². The molecule has 0 aliphatic heterocycles. The Morgan fingerprint density at radius 1 is 1.44 bits per heavy atom. The summed E-state index contributed by atoms with van der Waals surface area (Å²) in [6, 6.07) is 5.85. The van der Waals surface area contributed by atoms with Gasteiger partial charge >= 0.3 is 0 Å². The van der Waals surface area contributed by atoms with Crippen LogP contribution in [-0.2, 0) is 4.79 Å². The third-order valence-corrected chi connectivity index (χ3v) is 3.11. The lowest BCUT2D eigenvalue weighted by molar-refractivity contribution is -0.116. The predicted octanol–water partition coefficient (Wildman–Crippen LogP) is 4.11. The first-order valence-corrected chi connectivity index (χ1v) is 6.58. The number of rotatable bonds is 5. The zero-order chi connectivity index (χ0) is 12.0. The van der Waals surface area contributed by atoms with Crippen molar-refractivity contribution in [2.75, 3.05) is 11.2 Å². The minimum absolute atomic E-state index is 0.0367. The second kappa shape index (κ2) is 6.92. The summed E-state index contributed by atoms with van der Waals surface area (Å²) in [6.45, 7) is 2.01. The lowest BCUT2D eigenvalue weighted by Gasteiger charge is -2.07. The number of carbonyl (C=O) groups is 1. The monoisotopic (exact) mass is 303 g/mol. The van der Waals surface area contributed by atoms with E-state index in [2.05, 4.69) is 21.2 Å². The van der Waals surface area contributed by atoms with Crippen LogP contribution in [-0.4, -0.2) is 11.8 Å². The first-order valence-electron chi connectivity index (χ1n) is 5.25. The van der Waals surface area contributed by atoms with Gasteiger partial charge in [0.1, 0.15) is 0 Å². The average Bonchev–Trinajstić information content (AvgIpc) is 2.23. The molecule has 4 heteroatoms. The number of anilines is 1. The molecule has 2 nitrogen and oxygen atoms in total. The van der Waals surface area contributed by atoms with Crippen LogP contribution in [0.2, 0.25) is 0 Å². The molecule has 1 rings (SSSR count). The molecule has 0 aromatic heterocycles. The van der Waals surface area contributed by atoms with E-state index in [1.54, 1.807) is 0 Å². The van der Waals surface area contributed by atoms with Crippen LogP contribution in [0.1, 0.15) is 24.8 Å². The van der Waals surface area contributed by atoms with Crippen molar-refractivity contribution in [2.45, 2.75) is 26.2 Å². The molecule has 88 valence electrons. The molecule has 0 aliphatic carbocycles. The van der Waals surface area contributed by atoms with Crippen molar-refractivity contribution >= 4 is 39.1 Å². The number of amides is 1. The molecule has 0 heterocycles. The molecule has 16 heavy (non-hydrogen) atoms. The first-order chi connectivity index (χ1) is 7.63.